The summed E-state index contributed by atoms with van der Waals surface area (Å²) < 4.78 is 2.00. The van der Waals surface area contributed by atoms with E-state index in [1.807, 2.05) is 9.58 Å². The Morgan fingerprint density at radius 3 is 2.52 bits per heavy atom. The molecule has 0 unspecified atom stereocenters. The summed E-state index contributed by atoms with van der Waals surface area (Å²) in [6, 6.07) is 8.36. The summed E-state index contributed by atoms with van der Waals surface area (Å²) >= 11 is 0. The fourth-order valence-electron chi connectivity index (χ4n) is 4.00. The number of amides is 1. The van der Waals surface area contributed by atoms with Crippen molar-refractivity contribution in [2.45, 2.75) is 47.0 Å². The van der Waals surface area contributed by atoms with Gasteiger partial charge in [0.05, 0.1) is 55.4 Å². The van der Waals surface area contributed by atoms with Crippen LogP contribution in [0.5, 0.6) is 0 Å². The molecule has 0 aliphatic carbocycles. The molecule has 1 aliphatic rings. The lowest BCUT2D eigenvalue weighted by atomic mass is 10.1. The smallest absolute Gasteiger partial charge is 0.258 e. The number of likely N-dealkylation sites (N-methyl/N-ethyl adjacent to an activating group) is 1. The lowest BCUT2D eigenvalue weighted by Crippen LogP contribution is -3.14. The SMILES string of the molecule is CCCc1nn(-c2cccc(C)c2)c(CC)c1C(=O)N1CC[NH+](CC)CC1. The third-order valence-electron chi connectivity index (χ3n) is 5.59. The normalized spacial score (nSPS) is 15.3. The average Bonchev–Trinajstić information content (AvgIpc) is 3.06. The minimum absolute atomic E-state index is 0.171. The fraction of sp³-hybridized carbons (Fsp3) is 0.545. The average molecular weight is 370 g/mol. The van der Waals surface area contributed by atoms with E-state index in [1.54, 1.807) is 4.90 Å². The van der Waals surface area contributed by atoms with Crippen LogP contribution in [-0.2, 0) is 12.8 Å². The van der Waals surface area contributed by atoms with Gasteiger partial charge < -0.3 is 9.80 Å². The number of quaternary nitrogens is 1. The van der Waals surface area contributed by atoms with Crippen LogP contribution in [0.25, 0.3) is 5.69 Å². The van der Waals surface area contributed by atoms with Gasteiger partial charge in [0.15, 0.2) is 0 Å². The number of hydrogen-bond acceptors (Lipinski definition) is 2. The summed E-state index contributed by atoms with van der Waals surface area (Å²) in [4.78, 5) is 17.1. The highest BCUT2D eigenvalue weighted by atomic mass is 16.2. The molecule has 0 spiro atoms. The number of rotatable bonds is 6. The molecule has 2 aromatic rings. The first kappa shape index (κ1) is 19.6. The molecule has 1 N–H and O–H groups in total. The number of carbonyl (C=O) groups is 1. The fourth-order valence-corrected chi connectivity index (χ4v) is 4.00. The molecular weight excluding hydrogens is 336 g/mol. The lowest BCUT2D eigenvalue weighted by molar-refractivity contribution is -0.902. The minimum Gasteiger partial charge on any atom is -0.332 e. The van der Waals surface area contributed by atoms with E-state index in [1.165, 1.54) is 5.56 Å². The Bertz CT molecular complexity index is 788. The topological polar surface area (TPSA) is 42.6 Å². The molecule has 2 heterocycles. The zero-order chi connectivity index (χ0) is 19.4. The summed E-state index contributed by atoms with van der Waals surface area (Å²) in [7, 11) is 0. The summed E-state index contributed by atoms with van der Waals surface area (Å²) in [5, 5.41) is 4.89. The maximum atomic E-state index is 13.4. The van der Waals surface area contributed by atoms with Crippen LogP contribution in [0.2, 0.25) is 0 Å². The van der Waals surface area contributed by atoms with Crippen molar-refractivity contribution in [2.75, 3.05) is 32.7 Å². The van der Waals surface area contributed by atoms with Crippen molar-refractivity contribution in [3.8, 4) is 5.69 Å². The standard InChI is InChI=1S/C22H32N4O/c1-5-9-19-21(22(27)25-14-12-24(7-3)13-15-25)20(6-2)26(23-19)18-11-8-10-17(4)16-18/h8,10-11,16H,5-7,9,12-15H2,1-4H3/p+1. The molecule has 1 aromatic heterocycles. The Hall–Kier alpha value is -2.14. The van der Waals surface area contributed by atoms with Gasteiger partial charge in [-0.1, -0.05) is 32.4 Å². The van der Waals surface area contributed by atoms with Crippen molar-refractivity contribution in [1.82, 2.24) is 14.7 Å². The zero-order valence-electron chi connectivity index (χ0n) is 17.2. The molecule has 5 heteroatoms. The molecule has 5 nitrogen and oxygen atoms in total. The molecule has 1 aliphatic heterocycles. The van der Waals surface area contributed by atoms with E-state index in [0.29, 0.717) is 0 Å². The first-order chi connectivity index (χ1) is 13.1. The summed E-state index contributed by atoms with van der Waals surface area (Å²) in [6.07, 6.45) is 2.63. The summed E-state index contributed by atoms with van der Waals surface area (Å²) in [6.45, 7) is 13.5. The molecule has 3 rings (SSSR count). The van der Waals surface area contributed by atoms with Crippen LogP contribution in [0.15, 0.2) is 24.3 Å². The van der Waals surface area contributed by atoms with Crippen molar-refractivity contribution in [3.63, 3.8) is 0 Å². The monoisotopic (exact) mass is 369 g/mol. The molecule has 0 saturated carbocycles. The number of carbonyl (C=O) groups excluding carboxylic acids is 1. The third-order valence-corrected chi connectivity index (χ3v) is 5.59. The predicted molar refractivity (Wildman–Crippen MR) is 109 cm³/mol. The van der Waals surface area contributed by atoms with E-state index >= 15 is 0 Å². The number of aryl methyl sites for hydroxylation is 2. The highest BCUT2D eigenvalue weighted by Gasteiger charge is 2.29. The Morgan fingerprint density at radius 2 is 1.93 bits per heavy atom. The maximum Gasteiger partial charge on any atom is 0.258 e. The number of nitrogens with one attached hydrogen (secondary N) is 1. The Balaban J connectivity index is 1.99. The van der Waals surface area contributed by atoms with Crippen LogP contribution in [0.1, 0.15) is 54.5 Å². The number of benzene rings is 1. The molecule has 1 amide bonds. The predicted octanol–water partition coefficient (Wildman–Crippen LogP) is 2.06. The van der Waals surface area contributed by atoms with Crippen LogP contribution in [0, 0.1) is 6.92 Å². The van der Waals surface area contributed by atoms with Gasteiger partial charge in [-0.25, -0.2) is 4.68 Å². The molecule has 146 valence electrons. The van der Waals surface area contributed by atoms with E-state index in [9.17, 15) is 4.79 Å². The molecule has 1 saturated heterocycles. The summed E-state index contributed by atoms with van der Waals surface area (Å²) in [5.74, 6) is 0.171. The van der Waals surface area contributed by atoms with Crippen LogP contribution in [-0.4, -0.2) is 53.3 Å². The Labute approximate surface area is 163 Å². The van der Waals surface area contributed by atoms with Gasteiger partial charge in [0.25, 0.3) is 5.91 Å². The zero-order valence-corrected chi connectivity index (χ0v) is 17.2. The number of hydrogen-bond donors (Lipinski definition) is 1. The van der Waals surface area contributed by atoms with Crippen LogP contribution in [0.4, 0.5) is 0 Å². The van der Waals surface area contributed by atoms with Crippen molar-refractivity contribution >= 4 is 5.91 Å². The van der Waals surface area contributed by atoms with Gasteiger partial charge in [0.2, 0.25) is 0 Å². The molecule has 0 bridgehead atoms. The Kier molecular flexibility index (Phi) is 6.32. The second-order valence-corrected chi connectivity index (χ2v) is 7.52. The quantitative estimate of drug-likeness (QED) is 0.847. The molecule has 0 atom stereocenters. The number of piperazine rings is 1. The van der Waals surface area contributed by atoms with Crippen LogP contribution in [0.3, 0.4) is 0 Å². The number of aromatic nitrogens is 2. The first-order valence-electron chi connectivity index (χ1n) is 10.4. The van der Waals surface area contributed by atoms with Crippen molar-refractivity contribution < 1.29 is 9.69 Å². The molecule has 27 heavy (non-hydrogen) atoms. The second-order valence-electron chi connectivity index (χ2n) is 7.52. The van der Waals surface area contributed by atoms with Crippen LogP contribution < -0.4 is 4.90 Å². The van der Waals surface area contributed by atoms with Gasteiger partial charge in [0, 0.05) is 0 Å². The summed E-state index contributed by atoms with van der Waals surface area (Å²) in [5.41, 5.74) is 5.09. The van der Waals surface area contributed by atoms with Gasteiger partial charge in [0.1, 0.15) is 0 Å². The van der Waals surface area contributed by atoms with E-state index < -0.39 is 0 Å². The third kappa shape index (κ3) is 4.08. The molecule has 1 fully saturated rings. The second kappa shape index (κ2) is 8.70. The van der Waals surface area contributed by atoms with Gasteiger partial charge in [-0.2, -0.15) is 5.10 Å². The van der Waals surface area contributed by atoms with E-state index in [2.05, 4.69) is 52.0 Å². The Morgan fingerprint density at radius 1 is 1.19 bits per heavy atom. The van der Waals surface area contributed by atoms with Crippen molar-refractivity contribution in [2.24, 2.45) is 0 Å². The van der Waals surface area contributed by atoms with Crippen molar-refractivity contribution in [1.29, 1.82) is 0 Å². The largest absolute Gasteiger partial charge is 0.332 e. The van der Waals surface area contributed by atoms with Gasteiger partial charge in [-0.05, 0) is 44.4 Å². The van der Waals surface area contributed by atoms with E-state index in [0.717, 1.165) is 74.6 Å². The molecular formula is C22H33N4O+. The molecule has 0 radical (unpaired) electrons. The van der Waals surface area contributed by atoms with Gasteiger partial charge in [-0.3, -0.25) is 4.79 Å². The maximum absolute atomic E-state index is 13.4. The highest BCUT2D eigenvalue weighted by Crippen LogP contribution is 2.23. The van der Waals surface area contributed by atoms with Crippen LogP contribution >= 0.6 is 0 Å². The first-order valence-corrected chi connectivity index (χ1v) is 10.4. The van der Waals surface area contributed by atoms with E-state index in [4.69, 9.17) is 5.10 Å². The van der Waals surface area contributed by atoms with E-state index in [-0.39, 0.29) is 5.91 Å². The molecule has 1 aromatic carbocycles. The highest BCUT2D eigenvalue weighted by molar-refractivity contribution is 5.96. The van der Waals surface area contributed by atoms with Crippen molar-refractivity contribution in [3.05, 3.63) is 46.8 Å². The number of nitrogens with zero attached hydrogens (tertiary/aromatic N) is 3. The lowest BCUT2D eigenvalue weighted by Gasteiger charge is -2.31. The minimum atomic E-state index is 0.171. The van der Waals surface area contributed by atoms with Gasteiger partial charge in [-0.15, -0.1) is 0 Å². The van der Waals surface area contributed by atoms with Gasteiger partial charge >= 0.3 is 0 Å².